The van der Waals surface area contributed by atoms with Crippen LogP contribution in [-0.4, -0.2) is 12.1 Å². The van der Waals surface area contributed by atoms with Gasteiger partial charge in [0.1, 0.15) is 0 Å². The number of terminal acetylenes is 1. The summed E-state index contributed by atoms with van der Waals surface area (Å²) in [5.41, 5.74) is 0.503. The van der Waals surface area contributed by atoms with Crippen LogP contribution >= 0.6 is 0 Å². The van der Waals surface area contributed by atoms with Crippen molar-refractivity contribution >= 4 is 0 Å². The quantitative estimate of drug-likeness (QED) is 0.680. The largest absolute Gasteiger partial charge is 0.301 e. The molecule has 1 N–H and O–H groups in total. The monoisotopic (exact) mass is 193 g/mol. The van der Waals surface area contributed by atoms with E-state index >= 15 is 0 Å². The fraction of sp³-hybridized carbons (Fsp3) is 0.846. The van der Waals surface area contributed by atoms with E-state index in [0.29, 0.717) is 11.5 Å². The van der Waals surface area contributed by atoms with Crippen LogP contribution in [0, 0.1) is 17.8 Å². The van der Waals surface area contributed by atoms with Crippen molar-refractivity contribution in [3.63, 3.8) is 0 Å². The van der Waals surface area contributed by atoms with Gasteiger partial charge in [-0.25, -0.2) is 0 Å². The molecule has 0 saturated heterocycles. The van der Waals surface area contributed by atoms with Crippen LogP contribution in [0.25, 0.3) is 0 Å². The van der Waals surface area contributed by atoms with Gasteiger partial charge in [0.15, 0.2) is 0 Å². The Labute approximate surface area is 88.7 Å². The maximum Gasteiger partial charge on any atom is 0.0686 e. The molecule has 1 saturated carbocycles. The lowest BCUT2D eigenvalue weighted by molar-refractivity contribution is 0.194. The first kappa shape index (κ1) is 11.6. The Balaban J connectivity index is 2.42. The van der Waals surface area contributed by atoms with Gasteiger partial charge in [0.2, 0.25) is 0 Å². The van der Waals surface area contributed by atoms with E-state index in [0.717, 1.165) is 6.42 Å². The van der Waals surface area contributed by atoms with Gasteiger partial charge in [-0.15, -0.1) is 6.42 Å². The van der Waals surface area contributed by atoms with Crippen molar-refractivity contribution in [1.29, 1.82) is 0 Å². The average Bonchev–Trinajstić information content (AvgIpc) is 2.12. The van der Waals surface area contributed by atoms with Gasteiger partial charge in [-0.2, -0.15) is 0 Å². The highest BCUT2D eigenvalue weighted by Crippen LogP contribution is 2.35. The minimum atomic E-state index is 0.272. The van der Waals surface area contributed by atoms with Crippen LogP contribution in [-0.2, 0) is 0 Å². The van der Waals surface area contributed by atoms with Crippen LogP contribution < -0.4 is 5.32 Å². The molecule has 1 rings (SSSR count). The normalized spacial score (nSPS) is 28.0. The Bertz CT molecular complexity index is 212. The third-order valence-corrected chi connectivity index (χ3v) is 3.25. The van der Waals surface area contributed by atoms with Crippen LogP contribution in [0.15, 0.2) is 0 Å². The number of rotatable bonds is 3. The number of nitrogens with one attached hydrogen (secondary N) is 1. The van der Waals surface area contributed by atoms with Crippen molar-refractivity contribution in [3.05, 3.63) is 0 Å². The van der Waals surface area contributed by atoms with Gasteiger partial charge < -0.3 is 5.32 Å². The fourth-order valence-corrected chi connectivity index (χ4v) is 2.41. The second kappa shape index (κ2) is 4.84. The summed E-state index contributed by atoms with van der Waals surface area (Å²) in [7, 11) is 0. The molecule has 1 heteroatoms. The van der Waals surface area contributed by atoms with E-state index in [2.05, 4.69) is 32.0 Å². The molecular weight excluding hydrogens is 170 g/mol. The maximum atomic E-state index is 5.46. The molecule has 0 aromatic rings. The second-order valence-corrected chi connectivity index (χ2v) is 5.25. The summed E-state index contributed by atoms with van der Waals surface area (Å²) >= 11 is 0. The molecule has 0 spiro atoms. The number of hydrogen-bond donors (Lipinski definition) is 1. The summed E-state index contributed by atoms with van der Waals surface area (Å²) in [6, 6.07) is 0.911. The van der Waals surface area contributed by atoms with Crippen molar-refractivity contribution < 1.29 is 0 Å². The minimum absolute atomic E-state index is 0.272. The fourth-order valence-electron chi connectivity index (χ4n) is 2.41. The van der Waals surface area contributed by atoms with Crippen molar-refractivity contribution in [1.82, 2.24) is 5.32 Å². The van der Waals surface area contributed by atoms with Gasteiger partial charge in [0, 0.05) is 6.04 Å². The molecule has 14 heavy (non-hydrogen) atoms. The van der Waals surface area contributed by atoms with Crippen molar-refractivity contribution in [2.45, 2.75) is 65.0 Å². The van der Waals surface area contributed by atoms with Crippen molar-refractivity contribution in [3.8, 4) is 12.3 Å². The summed E-state index contributed by atoms with van der Waals surface area (Å²) in [6.07, 6.45) is 11.8. The summed E-state index contributed by atoms with van der Waals surface area (Å²) in [4.78, 5) is 0. The summed E-state index contributed by atoms with van der Waals surface area (Å²) in [5, 5.41) is 3.57. The molecule has 1 aliphatic rings. The van der Waals surface area contributed by atoms with Gasteiger partial charge in [0.25, 0.3) is 0 Å². The van der Waals surface area contributed by atoms with Gasteiger partial charge in [-0.3, -0.25) is 0 Å². The zero-order valence-corrected chi connectivity index (χ0v) is 9.77. The predicted octanol–water partition coefficient (Wildman–Crippen LogP) is 2.96. The van der Waals surface area contributed by atoms with E-state index in [1.54, 1.807) is 0 Å². The molecule has 80 valence electrons. The van der Waals surface area contributed by atoms with E-state index in [1.807, 2.05) is 0 Å². The molecule has 0 bridgehead atoms. The van der Waals surface area contributed by atoms with E-state index in [9.17, 15) is 0 Å². The minimum Gasteiger partial charge on any atom is -0.301 e. The summed E-state index contributed by atoms with van der Waals surface area (Å²) < 4.78 is 0. The first-order chi connectivity index (χ1) is 6.57. The molecule has 1 fully saturated rings. The molecular formula is C13H23N. The van der Waals surface area contributed by atoms with Crippen LogP contribution in [0.4, 0.5) is 0 Å². The van der Waals surface area contributed by atoms with Crippen LogP contribution in [0.3, 0.4) is 0 Å². The highest BCUT2D eigenvalue weighted by Gasteiger charge is 2.28. The highest BCUT2D eigenvalue weighted by molar-refractivity contribution is 5.00. The van der Waals surface area contributed by atoms with Gasteiger partial charge in [-0.05, 0) is 31.1 Å². The van der Waals surface area contributed by atoms with Gasteiger partial charge in [-0.1, -0.05) is 33.1 Å². The predicted molar refractivity (Wildman–Crippen MR) is 62.1 cm³/mol. The molecule has 2 atom stereocenters. The number of hydrogen-bond acceptors (Lipinski definition) is 1. The van der Waals surface area contributed by atoms with E-state index in [1.165, 1.54) is 25.7 Å². The molecule has 0 amide bonds. The lowest BCUT2D eigenvalue weighted by atomic mass is 9.75. The SMILES string of the molecule is C#CC(CC)NC1CCCC(C)(C)C1. The third-order valence-electron chi connectivity index (χ3n) is 3.25. The highest BCUT2D eigenvalue weighted by atomic mass is 14.9. The Kier molecular flexibility index (Phi) is 4.01. The standard InChI is InChI=1S/C13H23N/c1-5-11(6-2)14-12-8-7-9-13(3,4)10-12/h1,11-12,14H,6-10H2,2-4H3. The molecule has 0 aromatic carbocycles. The molecule has 0 aromatic heterocycles. The maximum absolute atomic E-state index is 5.46. The van der Waals surface area contributed by atoms with E-state index < -0.39 is 0 Å². The zero-order valence-electron chi connectivity index (χ0n) is 9.77. The van der Waals surface area contributed by atoms with Crippen molar-refractivity contribution in [2.75, 3.05) is 0 Å². The molecule has 0 aliphatic heterocycles. The van der Waals surface area contributed by atoms with E-state index in [4.69, 9.17) is 6.42 Å². The van der Waals surface area contributed by atoms with Crippen LogP contribution in [0.5, 0.6) is 0 Å². The second-order valence-electron chi connectivity index (χ2n) is 5.25. The Hall–Kier alpha value is -0.480. The summed E-state index contributed by atoms with van der Waals surface area (Å²) in [5.74, 6) is 2.82. The molecule has 0 heterocycles. The topological polar surface area (TPSA) is 12.0 Å². The Morgan fingerprint density at radius 3 is 2.79 bits per heavy atom. The Morgan fingerprint density at radius 2 is 2.29 bits per heavy atom. The molecule has 1 nitrogen and oxygen atoms in total. The molecule has 2 unspecified atom stereocenters. The average molecular weight is 193 g/mol. The molecule has 0 radical (unpaired) electrons. The third kappa shape index (κ3) is 3.35. The lowest BCUT2D eigenvalue weighted by Gasteiger charge is -2.36. The van der Waals surface area contributed by atoms with Crippen molar-refractivity contribution in [2.24, 2.45) is 5.41 Å². The Morgan fingerprint density at radius 1 is 1.57 bits per heavy atom. The molecule has 1 aliphatic carbocycles. The van der Waals surface area contributed by atoms with Gasteiger partial charge in [0.05, 0.1) is 6.04 Å². The van der Waals surface area contributed by atoms with E-state index in [-0.39, 0.29) is 6.04 Å². The smallest absolute Gasteiger partial charge is 0.0686 e. The van der Waals surface area contributed by atoms with Crippen LogP contribution in [0.2, 0.25) is 0 Å². The zero-order chi connectivity index (χ0) is 10.6. The van der Waals surface area contributed by atoms with Crippen LogP contribution in [0.1, 0.15) is 52.9 Å². The first-order valence-electron chi connectivity index (χ1n) is 5.79. The van der Waals surface area contributed by atoms with Gasteiger partial charge >= 0.3 is 0 Å². The first-order valence-corrected chi connectivity index (χ1v) is 5.79. The summed E-state index contributed by atoms with van der Waals surface area (Å²) in [6.45, 7) is 6.86. The lowest BCUT2D eigenvalue weighted by Crippen LogP contribution is -2.42.